The Kier molecular flexibility index (Phi) is 4.28. The molecule has 4 aliphatic rings. The lowest BCUT2D eigenvalue weighted by Gasteiger charge is -2.43. The van der Waals surface area contributed by atoms with Crippen molar-refractivity contribution in [2.24, 2.45) is 22.7 Å². The largest absolute Gasteiger partial charge is 0.498 e. The molecule has 4 aliphatic carbocycles. The van der Waals surface area contributed by atoms with Gasteiger partial charge in [-0.05, 0) is 62.5 Å². The highest BCUT2D eigenvalue weighted by Crippen LogP contribution is 2.64. The molecule has 0 aromatic heterocycles. The van der Waals surface area contributed by atoms with Crippen molar-refractivity contribution in [2.75, 3.05) is 6.61 Å². The number of fused-ring (bicyclic) bond motifs is 2. The van der Waals surface area contributed by atoms with Crippen molar-refractivity contribution in [1.29, 1.82) is 0 Å². The molecule has 4 nitrogen and oxygen atoms in total. The predicted octanol–water partition coefficient (Wildman–Crippen LogP) is 4.34. The minimum atomic E-state index is -0.325. The van der Waals surface area contributed by atoms with E-state index in [1.807, 2.05) is 6.92 Å². The molecule has 0 radical (unpaired) electrons. The van der Waals surface area contributed by atoms with E-state index >= 15 is 0 Å². The lowest BCUT2D eigenvalue weighted by molar-refractivity contribution is -0.153. The fraction of sp³-hybridized carbons (Fsp3) is 0.727. The van der Waals surface area contributed by atoms with E-state index in [0.29, 0.717) is 30.6 Å². The summed E-state index contributed by atoms with van der Waals surface area (Å²) in [5, 5.41) is 0. The highest BCUT2D eigenvalue weighted by molar-refractivity contribution is 5.90. The van der Waals surface area contributed by atoms with Crippen LogP contribution in [0.2, 0.25) is 0 Å². The zero-order chi connectivity index (χ0) is 18.5. The van der Waals surface area contributed by atoms with Crippen LogP contribution in [0.3, 0.4) is 0 Å². The molecular weight excluding hydrogens is 328 g/mol. The van der Waals surface area contributed by atoms with Crippen LogP contribution >= 0.6 is 0 Å². The Hall–Kier alpha value is -1.58. The summed E-state index contributed by atoms with van der Waals surface area (Å²) in [6, 6.07) is 0. The summed E-state index contributed by atoms with van der Waals surface area (Å²) in [6.07, 6.45) is 10.5. The maximum atomic E-state index is 13.4. The molecular formula is C22H30O4. The summed E-state index contributed by atoms with van der Waals surface area (Å²) in [7, 11) is 0. The second-order valence-electron chi connectivity index (χ2n) is 8.73. The van der Waals surface area contributed by atoms with Crippen molar-refractivity contribution in [3.63, 3.8) is 0 Å². The zero-order valence-electron chi connectivity index (χ0n) is 16.2. The average Bonchev–Trinajstić information content (AvgIpc) is 3.09. The molecule has 1 spiro atoms. The van der Waals surface area contributed by atoms with Gasteiger partial charge in [0, 0.05) is 25.2 Å². The molecule has 2 fully saturated rings. The number of allylic oxidation sites excluding steroid dienone is 4. The van der Waals surface area contributed by atoms with Gasteiger partial charge in [-0.25, -0.2) is 0 Å². The van der Waals surface area contributed by atoms with Gasteiger partial charge in [-0.3, -0.25) is 9.59 Å². The van der Waals surface area contributed by atoms with Crippen LogP contribution in [0.5, 0.6) is 0 Å². The van der Waals surface area contributed by atoms with E-state index in [0.717, 1.165) is 44.3 Å². The number of carbonyl (C=O) groups excluding carboxylic acids is 2. The number of ether oxygens (including phenoxy) is 2. The Morgan fingerprint density at radius 3 is 2.77 bits per heavy atom. The van der Waals surface area contributed by atoms with Gasteiger partial charge in [0.15, 0.2) is 0 Å². The molecule has 0 aromatic rings. The number of esters is 1. The molecule has 0 bridgehead atoms. The fourth-order valence-electron chi connectivity index (χ4n) is 6.49. The van der Waals surface area contributed by atoms with Crippen molar-refractivity contribution >= 4 is 11.8 Å². The topological polar surface area (TPSA) is 52.6 Å². The quantitative estimate of drug-likeness (QED) is 0.704. The molecule has 26 heavy (non-hydrogen) atoms. The number of Topliss-reactive ketones (excluding diaryl/α,β-unsaturated/α-hetero) is 1. The SMILES string of the molecule is CCOC1=CC2=CCC3C4CCC(OC(C)=O)C4(C)CCC(=O)C23CC1. The third-order valence-corrected chi connectivity index (χ3v) is 7.66. The molecule has 2 saturated carbocycles. The summed E-state index contributed by atoms with van der Waals surface area (Å²) < 4.78 is 11.5. The molecule has 4 heteroatoms. The summed E-state index contributed by atoms with van der Waals surface area (Å²) in [6.45, 7) is 6.44. The summed E-state index contributed by atoms with van der Waals surface area (Å²) in [5.41, 5.74) is 0.791. The molecule has 0 amide bonds. The normalized spacial score (nSPS) is 41.3. The summed E-state index contributed by atoms with van der Waals surface area (Å²) >= 11 is 0. The van der Waals surface area contributed by atoms with Crippen LogP contribution in [0.15, 0.2) is 23.5 Å². The van der Waals surface area contributed by atoms with Gasteiger partial charge in [-0.15, -0.1) is 0 Å². The Bertz CT molecular complexity index is 690. The maximum Gasteiger partial charge on any atom is 0.302 e. The van der Waals surface area contributed by atoms with E-state index in [1.54, 1.807) is 0 Å². The molecule has 5 atom stereocenters. The van der Waals surface area contributed by atoms with Gasteiger partial charge in [-0.1, -0.05) is 13.0 Å². The third kappa shape index (κ3) is 2.40. The smallest absolute Gasteiger partial charge is 0.302 e. The molecule has 0 saturated heterocycles. The lowest BCUT2D eigenvalue weighted by atomic mass is 9.59. The van der Waals surface area contributed by atoms with Gasteiger partial charge in [0.05, 0.1) is 17.8 Å². The van der Waals surface area contributed by atoms with Gasteiger partial charge in [0.25, 0.3) is 0 Å². The van der Waals surface area contributed by atoms with Crippen LogP contribution in [-0.4, -0.2) is 24.5 Å². The van der Waals surface area contributed by atoms with Gasteiger partial charge in [0.2, 0.25) is 0 Å². The molecule has 0 aliphatic heterocycles. The minimum absolute atomic E-state index is 0.0462. The van der Waals surface area contributed by atoms with Gasteiger partial charge < -0.3 is 9.47 Å². The number of carbonyl (C=O) groups is 2. The Morgan fingerprint density at radius 2 is 2.04 bits per heavy atom. The van der Waals surface area contributed by atoms with Crippen LogP contribution in [0.25, 0.3) is 0 Å². The van der Waals surface area contributed by atoms with Crippen LogP contribution in [0.4, 0.5) is 0 Å². The predicted molar refractivity (Wildman–Crippen MR) is 98.2 cm³/mol. The maximum absolute atomic E-state index is 13.4. The molecule has 0 N–H and O–H groups in total. The first-order valence-electron chi connectivity index (χ1n) is 10.2. The number of ketones is 1. The zero-order valence-corrected chi connectivity index (χ0v) is 16.2. The van der Waals surface area contributed by atoms with E-state index in [2.05, 4.69) is 19.1 Å². The first-order valence-corrected chi connectivity index (χ1v) is 10.2. The van der Waals surface area contributed by atoms with E-state index in [9.17, 15) is 9.59 Å². The van der Waals surface area contributed by atoms with Crippen LogP contribution in [-0.2, 0) is 19.1 Å². The first kappa shape index (κ1) is 17.8. The highest BCUT2D eigenvalue weighted by Gasteiger charge is 2.62. The second-order valence-corrected chi connectivity index (χ2v) is 8.73. The Labute approximate surface area is 156 Å². The van der Waals surface area contributed by atoms with Crippen molar-refractivity contribution in [3.8, 4) is 0 Å². The number of hydrogen-bond donors (Lipinski definition) is 0. The van der Waals surface area contributed by atoms with Crippen molar-refractivity contribution in [3.05, 3.63) is 23.5 Å². The van der Waals surface area contributed by atoms with E-state index in [4.69, 9.17) is 9.47 Å². The molecule has 0 heterocycles. The monoisotopic (exact) mass is 358 g/mol. The minimum Gasteiger partial charge on any atom is -0.498 e. The van der Waals surface area contributed by atoms with Crippen molar-refractivity contribution < 1.29 is 19.1 Å². The van der Waals surface area contributed by atoms with E-state index in [1.165, 1.54) is 12.5 Å². The van der Waals surface area contributed by atoms with Crippen LogP contribution in [0.1, 0.15) is 65.7 Å². The molecule has 142 valence electrons. The van der Waals surface area contributed by atoms with Gasteiger partial charge in [-0.2, -0.15) is 0 Å². The molecule has 4 rings (SSSR count). The van der Waals surface area contributed by atoms with Gasteiger partial charge in [0.1, 0.15) is 11.9 Å². The average molecular weight is 358 g/mol. The third-order valence-electron chi connectivity index (χ3n) is 7.66. The fourth-order valence-corrected chi connectivity index (χ4v) is 6.49. The van der Waals surface area contributed by atoms with E-state index < -0.39 is 0 Å². The Morgan fingerprint density at radius 1 is 1.23 bits per heavy atom. The molecule has 0 aromatic carbocycles. The van der Waals surface area contributed by atoms with Crippen molar-refractivity contribution in [1.82, 2.24) is 0 Å². The van der Waals surface area contributed by atoms with Crippen LogP contribution in [0, 0.1) is 22.7 Å². The standard InChI is InChI=1S/C22H30O4/c1-4-25-16-9-12-22-15(13-16)5-6-18(22)17-7-8-20(26-14(2)23)21(17,3)11-10-19(22)24/h5,13,17-18,20H,4,6-12H2,1-3H3. The van der Waals surface area contributed by atoms with Crippen molar-refractivity contribution in [2.45, 2.75) is 71.8 Å². The van der Waals surface area contributed by atoms with Gasteiger partial charge >= 0.3 is 5.97 Å². The summed E-state index contributed by atoms with van der Waals surface area (Å²) in [4.78, 5) is 25.0. The van der Waals surface area contributed by atoms with Crippen LogP contribution < -0.4 is 0 Å². The lowest BCUT2D eigenvalue weighted by Crippen LogP contribution is -2.43. The Balaban J connectivity index is 1.69. The highest BCUT2D eigenvalue weighted by atomic mass is 16.5. The summed E-state index contributed by atoms with van der Waals surface area (Å²) in [5.74, 6) is 2.00. The molecule has 5 unspecified atom stereocenters. The van der Waals surface area contributed by atoms with E-state index in [-0.39, 0.29) is 22.9 Å². The number of hydrogen-bond acceptors (Lipinski definition) is 4. The second kappa shape index (κ2) is 6.24. The first-order chi connectivity index (χ1) is 12.4. The number of rotatable bonds is 3.